The van der Waals surface area contributed by atoms with Crippen molar-refractivity contribution in [1.82, 2.24) is 26.0 Å². The molecule has 0 amide bonds. The van der Waals surface area contributed by atoms with Gasteiger partial charge in [0.1, 0.15) is 11.0 Å². The number of benzene rings is 1. The minimum Gasteiger partial charge on any atom is -0.315 e. The van der Waals surface area contributed by atoms with E-state index in [1.807, 2.05) is 6.07 Å². The van der Waals surface area contributed by atoms with Gasteiger partial charge in [-0.25, -0.2) is 0 Å². The monoisotopic (exact) mass is 247 g/mol. The van der Waals surface area contributed by atoms with Crippen LogP contribution in [0.1, 0.15) is 25.8 Å². The van der Waals surface area contributed by atoms with E-state index in [4.69, 9.17) is 0 Å². The van der Waals surface area contributed by atoms with Gasteiger partial charge in [0.2, 0.25) is 0 Å². The summed E-state index contributed by atoms with van der Waals surface area (Å²) in [5.41, 5.74) is 3.07. The predicted molar refractivity (Wildman–Crippen MR) is 73.4 cm³/mol. The summed E-state index contributed by atoms with van der Waals surface area (Å²) in [5.74, 6) is 0. The second kappa shape index (κ2) is 6.47. The van der Waals surface area contributed by atoms with E-state index in [0.717, 1.165) is 30.7 Å². The quantitative estimate of drug-likeness (QED) is 0.648. The first-order valence-corrected chi connectivity index (χ1v) is 6.53. The number of aromatic nitrogens is 3. The number of H-pyrrole nitrogens is 1. The SMILES string of the molecule is CCCNCC(C)NCc1ccc2n[nH]nc2c1. The van der Waals surface area contributed by atoms with E-state index in [1.54, 1.807) is 0 Å². The van der Waals surface area contributed by atoms with Crippen LogP contribution in [-0.2, 0) is 6.54 Å². The van der Waals surface area contributed by atoms with Gasteiger partial charge in [0.15, 0.2) is 0 Å². The molecule has 5 nitrogen and oxygen atoms in total. The Morgan fingerprint density at radius 1 is 1.28 bits per heavy atom. The first-order chi connectivity index (χ1) is 8.79. The van der Waals surface area contributed by atoms with Gasteiger partial charge in [-0.15, -0.1) is 0 Å². The highest BCUT2D eigenvalue weighted by molar-refractivity contribution is 5.74. The summed E-state index contributed by atoms with van der Waals surface area (Å²) < 4.78 is 0. The molecule has 2 aromatic rings. The largest absolute Gasteiger partial charge is 0.315 e. The van der Waals surface area contributed by atoms with E-state index >= 15 is 0 Å². The number of nitrogens with one attached hydrogen (secondary N) is 3. The Kier molecular flexibility index (Phi) is 4.66. The zero-order valence-electron chi connectivity index (χ0n) is 11.0. The van der Waals surface area contributed by atoms with Gasteiger partial charge >= 0.3 is 0 Å². The number of hydrogen-bond donors (Lipinski definition) is 3. The molecule has 1 aromatic carbocycles. The van der Waals surface area contributed by atoms with Crippen LogP contribution in [0.25, 0.3) is 11.0 Å². The van der Waals surface area contributed by atoms with E-state index < -0.39 is 0 Å². The first-order valence-electron chi connectivity index (χ1n) is 6.53. The van der Waals surface area contributed by atoms with Gasteiger partial charge in [0, 0.05) is 19.1 Å². The summed E-state index contributed by atoms with van der Waals surface area (Å²) >= 11 is 0. The Balaban J connectivity index is 1.81. The standard InChI is InChI=1S/C13H21N5/c1-3-6-14-8-10(2)15-9-11-4-5-12-13(7-11)17-18-16-12/h4-5,7,10,14-15H,3,6,8-9H2,1-2H3,(H,16,17,18). The lowest BCUT2D eigenvalue weighted by Gasteiger charge is -2.14. The van der Waals surface area contributed by atoms with Crippen molar-refractivity contribution < 1.29 is 0 Å². The van der Waals surface area contributed by atoms with Crippen LogP contribution in [0.2, 0.25) is 0 Å². The van der Waals surface area contributed by atoms with Crippen LogP contribution in [0.5, 0.6) is 0 Å². The van der Waals surface area contributed by atoms with Crippen LogP contribution in [0, 0.1) is 0 Å². The summed E-state index contributed by atoms with van der Waals surface area (Å²) in [7, 11) is 0. The second-order valence-corrected chi connectivity index (χ2v) is 4.63. The highest BCUT2D eigenvalue weighted by Crippen LogP contribution is 2.10. The molecule has 18 heavy (non-hydrogen) atoms. The molecular weight excluding hydrogens is 226 g/mol. The average Bonchev–Trinajstić information content (AvgIpc) is 2.84. The maximum absolute atomic E-state index is 4.09. The number of hydrogen-bond acceptors (Lipinski definition) is 4. The lowest BCUT2D eigenvalue weighted by Crippen LogP contribution is -2.36. The zero-order chi connectivity index (χ0) is 12.8. The molecule has 1 atom stereocenters. The van der Waals surface area contributed by atoms with Crippen molar-refractivity contribution in [2.24, 2.45) is 0 Å². The molecule has 0 aliphatic carbocycles. The van der Waals surface area contributed by atoms with Crippen molar-refractivity contribution in [3.63, 3.8) is 0 Å². The van der Waals surface area contributed by atoms with Crippen molar-refractivity contribution >= 4 is 11.0 Å². The van der Waals surface area contributed by atoms with Crippen LogP contribution < -0.4 is 10.6 Å². The van der Waals surface area contributed by atoms with Crippen molar-refractivity contribution in [2.75, 3.05) is 13.1 Å². The van der Waals surface area contributed by atoms with Gasteiger partial charge in [-0.2, -0.15) is 15.4 Å². The Labute approximate surface area is 107 Å². The molecule has 0 fully saturated rings. The third-order valence-electron chi connectivity index (χ3n) is 2.91. The molecule has 3 N–H and O–H groups in total. The van der Waals surface area contributed by atoms with Crippen LogP contribution in [0.15, 0.2) is 18.2 Å². The molecule has 1 aromatic heterocycles. The highest BCUT2D eigenvalue weighted by atomic mass is 15.3. The lowest BCUT2D eigenvalue weighted by molar-refractivity contribution is 0.501. The number of aromatic amines is 1. The summed E-state index contributed by atoms with van der Waals surface area (Å²) in [6.07, 6.45) is 1.18. The van der Waals surface area contributed by atoms with Crippen molar-refractivity contribution in [1.29, 1.82) is 0 Å². The predicted octanol–water partition coefficient (Wildman–Crippen LogP) is 1.44. The topological polar surface area (TPSA) is 65.6 Å². The van der Waals surface area contributed by atoms with Crippen LogP contribution in [0.3, 0.4) is 0 Å². The Morgan fingerprint density at radius 2 is 2.11 bits per heavy atom. The summed E-state index contributed by atoms with van der Waals surface area (Å²) in [6, 6.07) is 6.61. The van der Waals surface area contributed by atoms with Crippen molar-refractivity contribution in [2.45, 2.75) is 32.9 Å². The number of fused-ring (bicyclic) bond motifs is 1. The van der Waals surface area contributed by atoms with E-state index in [0.29, 0.717) is 6.04 Å². The number of nitrogens with zero attached hydrogens (tertiary/aromatic N) is 2. The molecule has 1 unspecified atom stereocenters. The van der Waals surface area contributed by atoms with Crippen molar-refractivity contribution in [3.8, 4) is 0 Å². The average molecular weight is 247 g/mol. The summed E-state index contributed by atoms with van der Waals surface area (Å²) in [6.45, 7) is 7.31. The molecule has 0 saturated heterocycles. The Morgan fingerprint density at radius 3 is 2.94 bits per heavy atom. The van der Waals surface area contributed by atoms with Crippen molar-refractivity contribution in [3.05, 3.63) is 23.8 Å². The van der Waals surface area contributed by atoms with E-state index in [9.17, 15) is 0 Å². The van der Waals surface area contributed by atoms with E-state index in [-0.39, 0.29) is 0 Å². The lowest BCUT2D eigenvalue weighted by atomic mass is 10.2. The molecular formula is C13H21N5. The molecule has 2 rings (SSSR count). The summed E-state index contributed by atoms with van der Waals surface area (Å²) in [5, 5.41) is 17.7. The van der Waals surface area contributed by atoms with Crippen LogP contribution >= 0.6 is 0 Å². The van der Waals surface area contributed by atoms with Crippen LogP contribution in [0.4, 0.5) is 0 Å². The fourth-order valence-electron chi connectivity index (χ4n) is 1.86. The second-order valence-electron chi connectivity index (χ2n) is 4.63. The number of rotatable bonds is 7. The van der Waals surface area contributed by atoms with Crippen LogP contribution in [-0.4, -0.2) is 34.5 Å². The highest BCUT2D eigenvalue weighted by Gasteiger charge is 2.03. The maximum atomic E-state index is 4.09. The molecule has 0 spiro atoms. The fourth-order valence-corrected chi connectivity index (χ4v) is 1.86. The van der Waals surface area contributed by atoms with Gasteiger partial charge in [0.05, 0.1) is 0 Å². The smallest absolute Gasteiger partial charge is 0.113 e. The molecule has 1 heterocycles. The van der Waals surface area contributed by atoms with Gasteiger partial charge < -0.3 is 10.6 Å². The zero-order valence-corrected chi connectivity index (χ0v) is 11.0. The molecule has 5 heteroatoms. The summed E-state index contributed by atoms with van der Waals surface area (Å²) in [4.78, 5) is 0. The first kappa shape index (κ1) is 13.0. The van der Waals surface area contributed by atoms with E-state index in [2.05, 4.69) is 52.0 Å². The molecule has 0 aliphatic heterocycles. The van der Waals surface area contributed by atoms with Gasteiger partial charge in [0.25, 0.3) is 0 Å². The maximum Gasteiger partial charge on any atom is 0.113 e. The van der Waals surface area contributed by atoms with Gasteiger partial charge in [-0.1, -0.05) is 13.0 Å². The molecule has 0 bridgehead atoms. The normalized spacial score (nSPS) is 13.0. The molecule has 0 saturated carbocycles. The Bertz CT molecular complexity index is 479. The minimum atomic E-state index is 0.463. The Hall–Kier alpha value is -1.46. The molecule has 98 valence electrons. The minimum absolute atomic E-state index is 0.463. The fraction of sp³-hybridized carbons (Fsp3) is 0.538. The molecule has 0 radical (unpaired) electrons. The van der Waals surface area contributed by atoms with E-state index in [1.165, 1.54) is 12.0 Å². The molecule has 0 aliphatic rings. The third-order valence-corrected chi connectivity index (χ3v) is 2.91. The van der Waals surface area contributed by atoms with Gasteiger partial charge in [-0.05, 0) is 37.6 Å². The van der Waals surface area contributed by atoms with Gasteiger partial charge in [-0.3, -0.25) is 0 Å². The third kappa shape index (κ3) is 3.51.